The number of ketones is 1. The Kier molecular flexibility index (Phi) is 5.86. The lowest BCUT2D eigenvalue weighted by Crippen LogP contribution is -2.36. The zero-order chi connectivity index (χ0) is 24.5. The van der Waals surface area contributed by atoms with Crippen LogP contribution in [0.25, 0.3) is 11.0 Å². The van der Waals surface area contributed by atoms with Gasteiger partial charge < -0.3 is 19.2 Å². The zero-order valence-corrected chi connectivity index (χ0v) is 19.5. The maximum atomic E-state index is 13.7. The number of rotatable bonds is 8. The molecule has 4 aromatic rings. The zero-order valence-electron chi connectivity index (χ0n) is 19.5. The summed E-state index contributed by atoms with van der Waals surface area (Å²) in [5.74, 6) is -1.09. The van der Waals surface area contributed by atoms with Gasteiger partial charge in [-0.1, -0.05) is 42.0 Å². The van der Waals surface area contributed by atoms with Crippen LogP contribution in [0.4, 0.5) is 0 Å². The molecule has 8 heteroatoms. The van der Waals surface area contributed by atoms with Crippen molar-refractivity contribution in [3.05, 3.63) is 95.5 Å². The number of furan rings is 1. The minimum atomic E-state index is -0.720. The van der Waals surface area contributed by atoms with Crippen LogP contribution in [0.15, 0.2) is 83.0 Å². The summed E-state index contributed by atoms with van der Waals surface area (Å²) in [5.41, 5.74) is 2.26. The van der Waals surface area contributed by atoms with E-state index >= 15 is 0 Å². The van der Waals surface area contributed by atoms with Crippen LogP contribution in [0.1, 0.15) is 34.1 Å². The fourth-order valence-electron chi connectivity index (χ4n) is 4.54. The lowest BCUT2D eigenvalue weighted by molar-refractivity contribution is -0.695. The van der Waals surface area contributed by atoms with Crippen LogP contribution >= 0.6 is 0 Å². The molecule has 8 nitrogen and oxygen atoms in total. The summed E-state index contributed by atoms with van der Waals surface area (Å²) in [4.78, 5) is 31.4. The largest absolute Gasteiger partial charge is 0.503 e. The van der Waals surface area contributed by atoms with Gasteiger partial charge >= 0.3 is 0 Å². The van der Waals surface area contributed by atoms with E-state index in [1.165, 1.54) is 7.11 Å². The number of benzene rings is 2. The number of nitrogens with one attached hydrogen (secondary N) is 1. The molecule has 1 atom stereocenters. The number of fused-ring (bicyclic) bond motifs is 1. The molecule has 1 aliphatic heterocycles. The van der Waals surface area contributed by atoms with E-state index in [-0.39, 0.29) is 11.3 Å². The number of aliphatic hydroxyl groups is 1. The molecule has 1 unspecified atom stereocenters. The molecule has 0 fully saturated rings. The Morgan fingerprint density at radius 1 is 1.23 bits per heavy atom. The normalized spacial score (nSPS) is 15.9. The minimum absolute atomic E-state index is 0.0196. The summed E-state index contributed by atoms with van der Waals surface area (Å²) in [7, 11) is 1.53. The van der Waals surface area contributed by atoms with Crippen LogP contribution in [0, 0.1) is 6.92 Å². The van der Waals surface area contributed by atoms with Gasteiger partial charge in [0, 0.05) is 18.4 Å². The highest BCUT2D eigenvalue weighted by atomic mass is 16.5. The van der Waals surface area contributed by atoms with Gasteiger partial charge in [-0.05, 0) is 24.6 Å². The van der Waals surface area contributed by atoms with Crippen molar-refractivity contribution in [3.8, 4) is 5.75 Å². The Morgan fingerprint density at radius 3 is 2.74 bits per heavy atom. The Morgan fingerprint density at radius 2 is 2.03 bits per heavy atom. The second-order valence-electron chi connectivity index (χ2n) is 8.60. The second-order valence-corrected chi connectivity index (χ2v) is 8.60. The number of aryl methyl sites for hydroxylation is 2. The van der Waals surface area contributed by atoms with Crippen molar-refractivity contribution in [2.75, 3.05) is 13.7 Å². The van der Waals surface area contributed by atoms with Crippen molar-refractivity contribution in [1.29, 1.82) is 0 Å². The van der Waals surface area contributed by atoms with E-state index in [4.69, 9.17) is 9.15 Å². The van der Waals surface area contributed by atoms with Gasteiger partial charge in [-0.2, -0.15) is 0 Å². The van der Waals surface area contributed by atoms with E-state index < -0.39 is 23.5 Å². The van der Waals surface area contributed by atoms with Crippen molar-refractivity contribution in [2.24, 2.45) is 0 Å². The molecule has 3 heterocycles. The highest BCUT2D eigenvalue weighted by Crippen LogP contribution is 2.40. The van der Waals surface area contributed by atoms with E-state index in [0.717, 1.165) is 11.1 Å². The molecule has 2 aromatic heterocycles. The van der Waals surface area contributed by atoms with Crippen molar-refractivity contribution in [1.82, 2.24) is 9.88 Å². The summed E-state index contributed by atoms with van der Waals surface area (Å²) >= 11 is 0. The molecule has 0 radical (unpaired) electrons. The first-order valence-corrected chi connectivity index (χ1v) is 11.4. The van der Waals surface area contributed by atoms with Crippen molar-refractivity contribution >= 4 is 22.7 Å². The predicted molar refractivity (Wildman–Crippen MR) is 128 cm³/mol. The van der Waals surface area contributed by atoms with E-state index in [2.05, 4.69) is 4.98 Å². The topological polar surface area (TPSA) is 99.6 Å². The molecule has 35 heavy (non-hydrogen) atoms. The van der Waals surface area contributed by atoms with E-state index in [9.17, 15) is 14.7 Å². The summed E-state index contributed by atoms with van der Waals surface area (Å²) in [6.45, 7) is 3.02. The highest BCUT2D eigenvalue weighted by Gasteiger charge is 2.44. The number of aliphatic hydroxyl groups excluding tert-OH is 1. The van der Waals surface area contributed by atoms with Gasteiger partial charge in [-0.3, -0.25) is 14.6 Å². The molecule has 1 amide bonds. The van der Waals surface area contributed by atoms with Crippen LogP contribution in [-0.2, 0) is 11.3 Å². The average molecular weight is 473 g/mol. The van der Waals surface area contributed by atoms with E-state index in [1.54, 1.807) is 23.1 Å². The third kappa shape index (κ3) is 4.07. The first-order chi connectivity index (χ1) is 17.0. The van der Waals surface area contributed by atoms with E-state index in [0.29, 0.717) is 36.2 Å². The number of nitrogens with zero attached hydrogens (tertiary/aromatic N) is 2. The van der Waals surface area contributed by atoms with Crippen LogP contribution in [0.5, 0.6) is 5.75 Å². The quantitative estimate of drug-likeness (QED) is 0.298. The molecule has 0 spiro atoms. The number of carbonyl (C=O) groups excluding carboxylic acids is 2. The number of aromatic nitrogens is 2. The summed E-state index contributed by atoms with van der Waals surface area (Å²) in [6.07, 6.45) is 6.21. The number of carbonyl (C=O) groups is 2. The first kappa shape index (κ1) is 22.5. The fourth-order valence-corrected chi connectivity index (χ4v) is 4.54. The molecule has 1 aliphatic rings. The number of H-pyrrole nitrogens is 1. The Hall–Kier alpha value is -4.33. The van der Waals surface area contributed by atoms with Crippen molar-refractivity contribution in [3.63, 3.8) is 0 Å². The Bertz CT molecular complexity index is 1420. The highest BCUT2D eigenvalue weighted by molar-refractivity contribution is 6.16. The molecule has 0 saturated heterocycles. The molecular weight excluding hydrogens is 446 g/mol. The summed E-state index contributed by atoms with van der Waals surface area (Å²) in [5, 5.41) is 11.6. The third-order valence-corrected chi connectivity index (χ3v) is 6.31. The second kappa shape index (κ2) is 9.13. The average Bonchev–Trinajstić information content (AvgIpc) is 3.59. The number of amides is 1. The SMILES string of the molecule is COc1cccc2cc(C(=O)C3=C(O)C(=O)N(CCC[n+]4cc[nH]c4)C3c3ccc(C)cc3)oc12. The van der Waals surface area contributed by atoms with Crippen LogP contribution in [0.3, 0.4) is 0 Å². The number of imidazole rings is 1. The van der Waals surface area contributed by atoms with Gasteiger partial charge in [0.25, 0.3) is 5.91 Å². The number of methoxy groups -OCH3 is 1. The van der Waals surface area contributed by atoms with Gasteiger partial charge in [-0.25, -0.2) is 4.57 Å². The molecule has 0 bridgehead atoms. The monoisotopic (exact) mass is 472 g/mol. The molecule has 0 aliphatic carbocycles. The van der Waals surface area contributed by atoms with Gasteiger partial charge in [0.1, 0.15) is 12.4 Å². The summed E-state index contributed by atoms with van der Waals surface area (Å²) in [6, 6.07) is 13.9. The molecular formula is C27H26N3O5+. The smallest absolute Gasteiger partial charge is 0.290 e. The molecule has 2 aromatic carbocycles. The number of para-hydroxylation sites is 1. The molecule has 0 saturated carbocycles. The summed E-state index contributed by atoms with van der Waals surface area (Å²) < 4.78 is 13.2. The standard InChI is InChI=1S/C27H25N3O5/c1-17-7-9-18(10-8-17)23-22(24(31)21-15-19-5-3-6-20(34-2)26(19)35-21)25(32)27(33)30(23)13-4-12-29-14-11-28-16-29/h3,5-11,14-16,23H,4,12-13H2,1-2H3,(H,31,32)/p+1. The first-order valence-electron chi connectivity index (χ1n) is 11.4. The fraction of sp³-hybridized carbons (Fsp3) is 0.222. The van der Waals surface area contributed by atoms with Crippen LogP contribution in [-0.4, -0.2) is 40.3 Å². The molecule has 178 valence electrons. The lowest BCUT2D eigenvalue weighted by atomic mass is 9.94. The predicted octanol–water partition coefficient (Wildman–Crippen LogP) is 4.03. The van der Waals surface area contributed by atoms with Crippen molar-refractivity contribution in [2.45, 2.75) is 25.9 Å². The third-order valence-electron chi connectivity index (χ3n) is 6.31. The van der Waals surface area contributed by atoms with Crippen molar-refractivity contribution < 1.29 is 28.4 Å². The maximum Gasteiger partial charge on any atom is 0.290 e. The Balaban J connectivity index is 1.51. The number of hydrogen-bond donors (Lipinski definition) is 2. The molecule has 2 N–H and O–H groups in total. The number of hydrogen-bond acceptors (Lipinski definition) is 5. The number of Topliss-reactive ketones (excluding diaryl/α,β-unsaturated/α-hetero) is 1. The number of aromatic amines is 1. The van der Waals surface area contributed by atoms with Gasteiger partial charge in [0.05, 0.1) is 25.3 Å². The minimum Gasteiger partial charge on any atom is -0.503 e. The van der Waals surface area contributed by atoms with Gasteiger partial charge in [0.2, 0.25) is 12.1 Å². The van der Waals surface area contributed by atoms with Crippen LogP contribution in [0.2, 0.25) is 0 Å². The van der Waals surface area contributed by atoms with Crippen LogP contribution < -0.4 is 9.30 Å². The Labute approximate surface area is 202 Å². The molecule has 5 rings (SSSR count). The maximum absolute atomic E-state index is 13.7. The van der Waals surface area contributed by atoms with E-state index in [1.807, 2.05) is 60.5 Å². The van der Waals surface area contributed by atoms with Gasteiger partial charge in [-0.15, -0.1) is 0 Å². The number of ether oxygens (including phenoxy) is 1. The lowest BCUT2D eigenvalue weighted by Gasteiger charge is -2.26. The van der Waals surface area contributed by atoms with Gasteiger partial charge in [0.15, 0.2) is 22.9 Å².